The lowest BCUT2D eigenvalue weighted by Crippen LogP contribution is -2.17. The number of anilines is 3. The maximum absolute atomic E-state index is 12.1. The number of hydrogen-bond donors (Lipinski definition) is 3. The van der Waals surface area contributed by atoms with Crippen molar-refractivity contribution in [2.75, 3.05) is 17.2 Å². The first kappa shape index (κ1) is 22.5. The Morgan fingerprint density at radius 3 is 2.60 bits per heavy atom. The molecule has 4 aromatic rings. The lowest BCUT2D eigenvalue weighted by Gasteiger charge is -2.20. The molecule has 5 rings (SSSR count). The van der Waals surface area contributed by atoms with Gasteiger partial charge in [0, 0.05) is 24.4 Å². The smallest absolute Gasteiger partial charge is 0.339 e. The Morgan fingerprint density at radius 2 is 1.89 bits per heavy atom. The average Bonchev–Trinajstić information content (AvgIpc) is 3.37. The molecule has 0 bridgehead atoms. The summed E-state index contributed by atoms with van der Waals surface area (Å²) in [6.07, 6.45) is 1.58. The van der Waals surface area contributed by atoms with Gasteiger partial charge in [-0.25, -0.2) is 9.78 Å². The van der Waals surface area contributed by atoms with Gasteiger partial charge in [0.05, 0.1) is 23.8 Å². The molecule has 178 valence electrons. The lowest BCUT2D eigenvalue weighted by atomic mass is 9.95. The second-order valence-corrected chi connectivity index (χ2v) is 8.66. The number of nitrogens with one attached hydrogen (secondary N) is 2. The molecule has 10 nitrogen and oxygen atoms in total. The number of carbonyl (C=O) groups excluding carboxylic acids is 1. The van der Waals surface area contributed by atoms with Gasteiger partial charge in [-0.05, 0) is 37.6 Å². The highest BCUT2D eigenvalue weighted by Crippen LogP contribution is 2.38. The zero-order valence-electron chi connectivity index (χ0n) is 19.4. The number of aryl methyl sites for hydroxylation is 1. The van der Waals surface area contributed by atoms with Crippen molar-refractivity contribution >= 4 is 23.4 Å². The Balaban J connectivity index is 1.50. The zero-order valence-corrected chi connectivity index (χ0v) is 19.4. The third-order valence-corrected chi connectivity index (χ3v) is 5.73. The monoisotopic (exact) mass is 472 g/mol. The molecule has 2 aromatic heterocycles. The number of rotatable bonds is 7. The van der Waals surface area contributed by atoms with Crippen LogP contribution in [0.5, 0.6) is 0 Å². The van der Waals surface area contributed by atoms with E-state index < -0.39 is 11.6 Å². The summed E-state index contributed by atoms with van der Waals surface area (Å²) in [5.74, 6) is 1.05. The molecule has 1 atom stereocenters. The minimum atomic E-state index is -0.721. The van der Waals surface area contributed by atoms with Crippen molar-refractivity contribution in [2.45, 2.75) is 32.4 Å². The van der Waals surface area contributed by atoms with E-state index in [2.05, 4.69) is 30.8 Å². The number of aliphatic hydroxyl groups is 1. The molecular weight excluding hydrogens is 448 g/mol. The Morgan fingerprint density at radius 1 is 1.09 bits per heavy atom. The van der Waals surface area contributed by atoms with Gasteiger partial charge in [0.15, 0.2) is 0 Å². The number of cyclic esters (lactones) is 1. The van der Waals surface area contributed by atoms with Crippen LogP contribution in [0.3, 0.4) is 0 Å². The maximum Gasteiger partial charge on any atom is 0.339 e. The van der Waals surface area contributed by atoms with Crippen LogP contribution in [0.1, 0.15) is 47.3 Å². The number of hydrogen-bond acceptors (Lipinski definition) is 10. The molecule has 35 heavy (non-hydrogen) atoms. The van der Waals surface area contributed by atoms with Gasteiger partial charge < -0.3 is 24.9 Å². The average molecular weight is 473 g/mol. The number of ether oxygens (including phenoxy) is 1. The molecule has 1 aliphatic rings. The van der Waals surface area contributed by atoms with Gasteiger partial charge in [-0.1, -0.05) is 30.3 Å². The van der Waals surface area contributed by atoms with Crippen molar-refractivity contribution in [2.24, 2.45) is 0 Å². The van der Waals surface area contributed by atoms with Crippen LogP contribution < -0.4 is 10.6 Å². The summed E-state index contributed by atoms with van der Waals surface area (Å²) in [6, 6.07) is 14.5. The van der Waals surface area contributed by atoms with E-state index in [0.717, 1.165) is 11.1 Å². The topological polar surface area (TPSA) is 135 Å². The third kappa shape index (κ3) is 4.43. The highest BCUT2D eigenvalue weighted by molar-refractivity contribution is 5.95. The van der Waals surface area contributed by atoms with Crippen LogP contribution in [-0.2, 0) is 10.3 Å². The molecule has 1 unspecified atom stereocenters. The summed E-state index contributed by atoms with van der Waals surface area (Å²) >= 11 is 0. The quantitative estimate of drug-likeness (QED) is 0.337. The number of aliphatic hydroxyl groups excluding tert-OH is 1. The first-order chi connectivity index (χ1) is 16.8. The Bertz CT molecular complexity index is 1390. The fraction of sp³-hybridized carbons (Fsp3) is 0.240. The summed E-state index contributed by atoms with van der Waals surface area (Å²) in [5, 5.41) is 24.5. The summed E-state index contributed by atoms with van der Waals surface area (Å²) in [5.41, 5.74) is 2.69. The molecule has 0 saturated heterocycles. The molecular formula is C25H24N6O4. The molecule has 0 saturated carbocycles. The molecule has 0 radical (unpaired) electrons. The summed E-state index contributed by atoms with van der Waals surface area (Å²) in [6.45, 7) is 5.23. The van der Waals surface area contributed by atoms with Crippen molar-refractivity contribution in [1.82, 2.24) is 20.2 Å². The van der Waals surface area contributed by atoms with Gasteiger partial charge in [0.25, 0.3) is 5.89 Å². The second-order valence-electron chi connectivity index (χ2n) is 8.66. The first-order valence-electron chi connectivity index (χ1n) is 11.1. The van der Waals surface area contributed by atoms with Crippen LogP contribution in [0.2, 0.25) is 0 Å². The largest absolute Gasteiger partial charge is 0.451 e. The van der Waals surface area contributed by atoms with E-state index in [1.54, 1.807) is 25.3 Å². The minimum Gasteiger partial charge on any atom is -0.451 e. The number of nitrogens with zero attached hydrogens (tertiary/aromatic N) is 4. The van der Waals surface area contributed by atoms with E-state index in [0.29, 0.717) is 34.5 Å². The standard InChI is InChI=1S/C25H24N6O4/c1-14-30-31-22(34-14)18-12-26-24(29-21(18)28-20(13-32)15-7-5-4-6-8-15)27-16-9-10-17-19(11-16)25(2,3)35-23(17)33/h4-12,20,32H,13H2,1-3H3,(H2,26,27,28,29). The Hall–Kier alpha value is -4.31. The van der Waals surface area contributed by atoms with Gasteiger partial charge in [-0.2, -0.15) is 4.98 Å². The van der Waals surface area contributed by atoms with Gasteiger partial charge in [-0.15, -0.1) is 10.2 Å². The van der Waals surface area contributed by atoms with E-state index in [-0.39, 0.29) is 18.5 Å². The van der Waals surface area contributed by atoms with E-state index in [4.69, 9.17) is 9.15 Å². The van der Waals surface area contributed by atoms with Crippen LogP contribution >= 0.6 is 0 Å². The van der Waals surface area contributed by atoms with Crippen LogP contribution in [0, 0.1) is 6.92 Å². The van der Waals surface area contributed by atoms with Crippen LogP contribution in [-0.4, -0.2) is 37.8 Å². The van der Waals surface area contributed by atoms with Gasteiger partial charge >= 0.3 is 5.97 Å². The molecule has 2 aromatic carbocycles. The van der Waals surface area contributed by atoms with E-state index in [9.17, 15) is 9.90 Å². The minimum absolute atomic E-state index is 0.160. The van der Waals surface area contributed by atoms with E-state index in [1.165, 1.54) is 0 Å². The predicted octanol–water partition coefficient (Wildman–Crippen LogP) is 4.13. The highest BCUT2D eigenvalue weighted by Gasteiger charge is 2.37. The fourth-order valence-corrected chi connectivity index (χ4v) is 3.97. The third-order valence-electron chi connectivity index (χ3n) is 5.73. The van der Waals surface area contributed by atoms with E-state index >= 15 is 0 Å². The molecule has 1 aliphatic heterocycles. The zero-order chi connectivity index (χ0) is 24.6. The van der Waals surface area contributed by atoms with Crippen molar-refractivity contribution < 1.29 is 19.1 Å². The molecule has 10 heteroatoms. The summed E-state index contributed by atoms with van der Waals surface area (Å²) < 4.78 is 11.1. The Labute approximate surface area is 201 Å². The first-order valence-corrected chi connectivity index (χ1v) is 11.1. The number of esters is 1. The van der Waals surface area contributed by atoms with Crippen LogP contribution in [0.15, 0.2) is 59.1 Å². The van der Waals surface area contributed by atoms with Gasteiger partial charge in [0.2, 0.25) is 11.8 Å². The van der Waals surface area contributed by atoms with Crippen molar-refractivity contribution in [3.8, 4) is 11.5 Å². The summed E-state index contributed by atoms with van der Waals surface area (Å²) in [7, 11) is 0. The fourth-order valence-electron chi connectivity index (χ4n) is 3.97. The van der Waals surface area contributed by atoms with Crippen molar-refractivity contribution in [3.05, 3.63) is 77.3 Å². The summed E-state index contributed by atoms with van der Waals surface area (Å²) in [4.78, 5) is 21.2. The number of carbonyl (C=O) groups is 1. The second kappa shape index (κ2) is 8.80. The molecule has 0 fully saturated rings. The predicted molar refractivity (Wildman–Crippen MR) is 128 cm³/mol. The number of aromatic nitrogens is 4. The van der Waals surface area contributed by atoms with Crippen LogP contribution in [0.25, 0.3) is 11.5 Å². The molecule has 0 aliphatic carbocycles. The SMILES string of the molecule is Cc1nnc(-c2cnc(Nc3ccc4c(c3)C(C)(C)OC4=O)nc2NC(CO)c2ccccc2)o1. The van der Waals surface area contributed by atoms with Gasteiger partial charge in [0.1, 0.15) is 11.4 Å². The molecule has 0 spiro atoms. The van der Waals surface area contributed by atoms with E-state index in [1.807, 2.05) is 50.2 Å². The van der Waals surface area contributed by atoms with Crippen molar-refractivity contribution in [3.63, 3.8) is 0 Å². The normalized spacial score (nSPS) is 14.8. The number of benzene rings is 2. The van der Waals surface area contributed by atoms with Crippen molar-refractivity contribution in [1.29, 1.82) is 0 Å². The Kier molecular flexibility index (Phi) is 5.65. The maximum atomic E-state index is 12.1. The lowest BCUT2D eigenvalue weighted by molar-refractivity contribution is 0.00954. The number of fused-ring (bicyclic) bond motifs is 1. The molecule has 3 N–H and O–H groups in total. The van der Waals surface area contributed by atoms with Crippen LogP contribution in [0.4, 0.5) is 17.5 Å². The molecule has 0 amide bonds. The molecule has 3 heterocycles. The highest BCUT2D eigenvalue weighted by atomic mass is 16.6. The van der Waals surface area contributed by atoms with Gasteiger partial charge in [-0.3, -0.25) is 0 Å².